The molecule has 6 rings (SSSR count). The third-order valence-corrected chi connectivity index (χ3v) is 7.22. The van der Waals surface area contributed by atoms with Crippen LogP contribution in [0.4, 0.5) is 5.69 Å². The molecule has 4 heterocycles. The van der Waals surface area contributed by atoms with E-state index in [0.29, 0.717) is 47.5 Å². The van der Waals surface area contributed by atoms with E-state index in [4.69, 9.17) is 28.4 Å². The SMILES string of the molecule is COc1cc(NC(=O)C2C3C(=O)N(Cc4ccc5c(c4)OCO5)C[C@]34C=C[C@H]2O4)cc(OC)c1OC. The van der Waals surface area contributed by atoms with Crippen LogP contribution in [-0.2, 0) is 20.9 Å². The molecule has 2 fully saturated rings. The molecular weight excluding hydrogens is 468 g/mol. The van der Waals surface area contributed by atoms with E-state index in [1.807, 2.05) is 30.4 Å². The van der Waals surface area contributed by atoms with Gasteiger partial charge in [0.25, 0.3) is 0 Å². The van der Waals surface area contributed by atoms with Crippen molar-refractivity contribution in [1.82, 2.24) is 4.90 Å². The van der Waals surface area contributed by atoms with E-state index in [2.05, 4.69) is 5.32 Å². The Labute approximate surface area is 207 Å². The van der Waals surface area contributed by atoms with Crippen molar-refractivity contribution in [3.8, 4) is 28.7 Å². The van der Waals surface area contributed by atoms with Gasteiger partial charge in [-0.1, -0.05) is 18.2 Å². The first-order valence-corrected chi connectivity index (χ1v) is 11.6. The molecule has 2 amide bonds. The number of nitrogens with one attached hydrogen (secondary N) is 1. The van der Waals surface area contributed by atoms with Crippen LogP contribution in [0, 0.1) is 11.8 Å². The molecular formula is C26H26N2O8. The van der Waals surface area contributed by atoms with Gasteiger partial charge in [-0.2, -0.15) is 0 Å². The Morgan fingerprint density at radius 3 is 2.56 bits per heavy atom. The van der Waals surface area contributed by atoms with Gasteiger partial charge in [-0.15, -0.1) is 0 Å². The number of fused-ring (bicyclic) bond motifs is 2. The summed E-state index contributed by atoms with van der Waals surface area (Å²) >= 11 is 0. The molecule has 1 N–H and O–H groups in total. The van der Waals surface area contributed by atoms with Crippen molar-refractivity contribution < 1.29 is 38.0 Å². The number of anilines is 1. The van der Waals surface area contributed by atoms with Crippen LogP contribution in [0.1, 0.15) is 5.56 Å². The first-order valence-electron chi connectivity index (χ1n) is 11.6. The van der Waals surface area contributed by atoms with E-state index in [1.165, 1.54) is 21.3 Å². The van der Waals surface area contributed by atoms with E-state index >= 15 is 0 Å². The zero-order valence-corrected chi connectivity index (χ0v) is 20.1. The van der Waals surface area contributed by atoms with Crippen molar-refractivity contribution in [2.45, 2.75) is 18.2 Å². The van der Waals surface area contributed by atoms with E-state index in [-0.39, 0.29) is 18.6 Å². The summed E-state index contributed by atoms with van der Waals surface area (Å²) in [6, 6.07) is 8.94. The second-order valence-corrected chi connectivity index (χ2v) is 9.19. The fourth-order valence-electron chi connectivity index (χ4n) is 5.65. The number of hydrogen-bond donors (Lipinski definition) is 1. The Bertz CT molecular complexity index is 1250. The Hall–Kier alpha value is -3.92. The van der Waals surface area contributed by atoms with Gasteiger partial charge >= 0.3 is 0 Å². The van der Waals surface area contributed by atoms with Crippen LogP contribution in [0.2, 0.25) is 0 Å². The zero-order chi connectivity index (χ0) is 25.0. The molecule has 36 heavy (non-hydrogen) atoms. The number of carbonyl (C=O) groups excluding carboxylic acids is 2. The van der Waals surface area contributed by atoms with Crippen molar-refractivity contribution in [1.29, 1.82) is 0 Å². The lowest BCUT2D eigenvalue weighted by Crippen LogP contribution is -2.41. The minimum atomic E-state index is -0.810. The Balaban J connectivity index is 1.23. The van der Waals surface area contributed by atoms with Crippen molar-refractivity contribution in [3.63, 3.8) is 0 Å². The molecule has 188 valence electrons. The summed E-state index contributed by atoms with van der Waals surface area (Å²) in [6.07, 6.45) is 3.35. The molecule has 2 aromatic carbocycles. The average molecular weight is 495 g/mol. The summed E-state index contributed by atoms with van der Waals surface area (Å²) in [4.78, 5) is 28.8. The van der Waals surface area contributed by atoms with Gasteiger partial charge in [0, 0.05) is 24.4 Å². The second-order valence-electron chi connectivity index (χ2n) is 9.19. The average Bonchev–Trinajstić information content (AvgIpc) is 3.64. The zero-order valence-electron chi connectivity index (χ0n) is 20.1. The molecule has 0 aromatic heterocycles. The van der Waals surface area contributed by atoms with Crippen LogP contribution in [0.5, 0.6) is 28.7 Å². The largest absolute Gasteiger partial charge is 0.493 e. The van der Waals surface area contributed by atoms with E-state index < -0.39 is 23.5 Å². The molecule has 4 aliphatic heterocycles. The van der Waals surface area contributed by atoms with Crippen molar-refractivity contribution in [2.75, 3.05) is 40.0 Å². The smallest absolute Gasteiger partial charge is 0.231 e. The Morgan fingerprint density at radius 2 is 1.83 bits per heavy atom. The summed E-state index contributed by atoms with van der Waals surface area (Å²) in [5.41, 5.74) is 0.578. The molecule has 0 radical (unpaired) electrons. The van der Waals surface area contributed by atoms with Gasteiger partial charge in [-0.3, -0.25) is 9.59 Å². The summed E-state index contributed by atoms with van der Waals surface area (Å²) in [5, 5.41) is 2.92. The summed E-state index contributed by atoms with van der Waals surface area (Å²) in [7, 11) is 4.53. The molecule has 0 aliphatic carbocycles. The van der Waals surface area contributed by atoms with Crippen LogP contribution < -0.4 is 29.0 Å². The van der Waals surface area contributed by atoms with Crippen LogP contribution >= 0.6 is 0 Å². The number of methoxy groups -OCH3 is 3. The third-order valence-electron chi connectivity index (χ3n) is 7.22. The normalized spacial score (nSPS) is 26.8. The molecule has 2 bridgehead atoms. The minimum Gasteiger partial charge on any atom is -0.493 e. The lowest BCUT2D eigenvalue weighted by Gasteiger charge is -2.24. The van der Waals surface area contributed by atoms with Gasteiger partial charge in [0.1, 0.15) is 5.60 Å². The van der Waals surface area contributed by atoms with Gasteiger partial charge in [-0.05, 0) is 17.7 Å². The molecule has 2 unspecified atom stereocenters. The minimum absolute atomic E-state index is 0.107. The number of hydrogen-bond acceptors (Lipinski definition) is 8. The number of carbonyl (C=O) groups is 2. The quantitative estimate of drug-likeness (QED) is 0.585. The van der Waals surface area contributed by atoms with Crippen LogP contribution in [0.25, 0.3) is 0 Å². The highest BCUT2D eigenvalue weighted by Crippen LogP contribution is 2.52. The third kappa shape index (κ3) is 3.35. The molecule has 1 spiro atoms. The predicted molar refractivity (Wildman–Crippen MR) is 126 cm³/mol. The first-order chi connectivity index (χ1) is 17.5. The highest BCUT2D eigenvalue weighted by Gasteiger charge is 2.66. The van der Waals surface area contributed by atoms with E-state index in [9.17, 15) is 9.59 Å². The number of rotatable bonds is 7. The van der Waals surface area contributed by atoms with Crippen molar-refractivity contribution in [3.05, 3.63) is 48.0 Å². The fraction of sp³-hybridized carbons (Fsp3) is 0.385. The Morgan fingerprint density at radius 1 is 1.08 bits per heavy atom. The standard InChI is InChI=1S/C26H26N2O8/c1-31-19-9-15(10-20(32-2)23(19)33-3)27-24(29)21-17-6-7-26(36-17)12-28(25(30)22(21)26)11-14-4-5-16-18(8-14)35-13-34-16/h4-10,17,21-22H,11-13H2,1-3H3,(H,27,29)/t17-,21?,22?,26-/m1/s1. The summed E-state index contributed by atoms with van der Waals surface area (Å²) in [5.74, 6) is 0.931. The van der Waals surface area contributed by atoms with Crippen LogP contribution in [0.3, 0.4) is 0 Å². The van der Waals surface area contributed by atoms with Crippen molar-refractivity contribution >= 4 is 17.5 Å². The molecule has 4 atom stereocenters. The van der Waals surface area contributed by atoms with Gasteiger partial charge < -0.3 is 38.6 Å². The topological polar surface area (TPSA) is 105 Å². The maximum absolute atomic E-state index is 13.6. The molecule has 10 nitrogen and oxygen atoms in total. The van der Waals surface area contributed by atoms with E-state index in [0.717, 1.165) is 5.56 Å². The predicted octanol–water partition coefficient (Wildman–Crippen LogP) is 2.36. The van der Waals surface area contributed by atoms with Gasteiger partial charge in [0.05, 0.1) is 45.8 Å². The summed E-state index contributed by atoms with van der Waals surface area (Å²) in [6.45, 7) is 0.956. The molecule has 2 aromatic rings. The molecule has 4 aliphatic rings. The number of nitrogens with zero attached hydrogens (tertiary/aromatic N) is 1. The number of benzene rings is 2. The number of likely N-dealkylation sites (tertiary alicyclic amines) is 1. The lowest BCUT2D eigenvalue weighted by molar-refractivity contribution is -0.136. The maximum Gasteiger partial charge on any atom is 0.231 e. The molecule has 2 saturated heterocycles. The van der Waals surface area contributed by atoms with Crippen LogP contribution in [0.15, 0.2) is 42.5 Å². The maximum atomic E-state index is 13.6. The molecule has 10 heteroatoms. The van der Waals surface area contributed by atoms with Gasteiger partial charge in [-0.25, -0.2) is 0 Å². The van der Waals surface area contributed by atoms with Gasteiger partial charge in [0.15, 0.2) is 23.0 Å². The van der Waals surface area contributed by atoms with E-state index in [1.54, 1.807) is 17.0 Å². The number of amides is 2. The first kappa shape index (κ1) is 22.5. The molecule has 0 saturated carbocycles. The highest BCUT2D eigenvalue weighted by molar-refractivity contribution is 5.99. The second kappa shape index (κ2) is 8.34. The number of ether oxygens (including phenoxy) is 6. The highest BCUT2D eigenvalue weighted by atomic mass is 16.7. The van der Waals surface area contributed by atoms with Crippen LogP contribution in [-0.4, -0.2) is 63.1 Å². The van der Waals surface area contributed by atoms with Gasteiger partial charge in [0.2, 0.25) is 24.4 Å². The lowest BCUT2D eigenvalue weighted by atomic mass is 9.77. The van der Waals surface area contributed by atoms with Crippen molar-refractivity contribution in [2.24, 2.45) is 11.8 Å². The fourth-order valence-corrected chi connectivity index (χ4v) is 5.65. The monoisotopic (exact) mass is 494 g/mol. The Kier molecular flexibility index (Phi) is 5.22. The summed E-state index contributed by atoms with van der Waals surface area (Å²) < 4.78 is 33.2.